The van der Waals surface area contributed by atoms with Crippen molar-refractivity contribution in [2.24, 2.45) is 13.0 Å². The van der Waals surface area contributed by atoms with Crippen LogP contribution in [-0.2, 0) is 24.8 Å². The van der Waals surface area contributed by atoms with Gasteiger partial charge < -0.3 is 14.3 Å². The third-order valence-electron chi connectivity index (χ3n) is 6.17. The van der Waals surface area contributed by atoms with Crippen molar-refractivity contribution >= 4 is 5.91 Å². The molecule has 0 unspecified atom stereocenters. The second-order valence-corrected chi connectivity index (χ2v) is 8.39. The van der Waals surface area contributed by atoms with Gasteiger partial charge in [-0.1, -0.05) is 5.16 Å². The van der Waals surface area contributed by atoms with Gasteiger partial charge in [0.2, 0.25) is 5.91 Å². The number of carbonyl (C=O) groups excluding carboxylic acids is 1. The van der Waals surface area contributed by atoms with Gasteiger partial charge in [-0.2, -0.15) is 10.1 Å². The molecule has 4 rings (SSSR count). The average molecular weight is 387 g/mol. The zero-order valence-corrected chi connectivity index (χ0v) is 17.3. The zero-order chi connectivity index (χ0) is 19.8. The number of carbonyl (C=O) groups is 1. The Bertz CT molecular complexity index is 847. The third kappa shape index (κ3) is 3.70. The van der Waals surface area contributed by atoms with Crippen LogP contribution in [0.5, 0.6) is 0 Å². The molecule has 0 atom stereocenters. The maximum Gasteiger partial charge on any atom is 0.278 e. The molecule has 8 heteroatoms. The number of likely N-dealkylation sites (tertiary alicyclic amines) is 1. The standard InChI is InChI=1S/C20H30N6O2/c1-13(2)25-8-5-15(6-9-25)11-18(27)26-10-7-17-16(12-26)19(22-24(17)4)20-21-14(3)23-28-20/h13,15H,5-12H2,1-4H3. The van der Waals surface area contributed by atoms with Crippen molar-refractivity contribution in [3.63, 3.8) is 0 Å². The van der Waals surface area contributed by atoms with Crippen molar-refractivity contribution in [2.75, 3.05) is 19.6 Å². The van der Waals surface area contributed by atoms with Crippen LogP contribution in [0.1, 0.15) is 50.2 Å². The van der Waals surface area contributed by atoms with E-state index in [0.29, 0.717) is 42.3 Å². The van der Waals surface area contributed by atoms with Crippen molar-refractivity contribution in [1.82, 2.24) is 29.7 Å². The predicted octanol–water partition coefficient (Wildman–Crippen LogP) is 2.17. The number of fused-ring (bicyclic) bond motifs is 1. The van der Waals surface area contributed by atoms with Crippen LogP contribution in [0, 0.1) is 12.8 Å². The number of rotatable bonds is 4. The fourth-order valence-corrected chi connectivity index (χ4v) is 4.42. The number of amides is 1. The summed E-state index contributed by atoms with van der Waals surface area (Å²) in [5, 5.41) is 8.47. The summed E-state index contributed by atoms with van der Waals surface area (Å²) in [6, 6.07) is 0.592. The summed E-state index contributed by atoms with van der Waals surface area (Å²) >= 11 is 0. The summed E-state index contributed by atoms with van der Waals surface area (Å²) in [6.07, 6.45) is 3.69. The lowest BCUT2D eigenvalue weighted by molar-refractivity contribution is -0.133. The maximum absolute atomic E-state index is 13.0. The first-order valence-electron chi connectivity index (χ1n) is 10.3. The molecule has 0 spiro atoms. The highest BCUT2D eigenvalue weighted by Crippen LogP contribution is 2.30. The van der Waals surface area contributed by atoms with E-state index in [-0.39, 0.29) is 5.91 Å². The Morgan fingerprint density at radius 3 is 2.64 bits per heavy atom. The molecule has 0 N–H and O–H groups in total. The number of nitrogens with zero attached hydrogens (tertiary/aromatic N) is 6. The van der Waals surface area contributed by atoms with Gasteiger partial charge in [-0.05, 0) is 52.6 Å². The van der Waals surface area contributed by atoms with Crippen LogP contribution in [-0.4, -0.2) is 61.3 Å². The lowest BCUT2D eigenvalue weighted by Crippen LogP contribution is -2.41. The van der Waals surface area contributed by atoms with E-state index in [1.54, 1.807) is 6.92 Å². The third-order valence-corrected chi connectivity index (χ3v) is 6.17. The maximum atomic E-state index is 13.0. The van der Waals surface area contributed by atoms with Gasteiger partial charge >= 0.3 is 0 Å². The lowest BCUT2D eigenvalue weighted by Gasteiger charge is -2.35. The molecule has 4 heterocycles. The minimum atomic E-state index is 0.255. The number of hydrogen-bond acceptors (Lipinski definition) is 6. The minimum Gasteiger partial charge on any atom is -0.338 e. The summed E-state index contributed by atoms with van der Waals surface area (Å²) in [7, 11) is 1.94. The van der Waals surface area contributed by atoms with E-state index in [2.05, 4.69) is 34.0 Å². The Balaban J connectivity index is 1.43. The normalized spacial score (nSPS) is 18.7. The van der Waals surface area contributed by atoms with E-state index >= 15 is 0 Å². The smallest absolute Gasteiger partial charge is 0.278 e. The van der Waals surface area contributed by atoms with Crippen molar-refractivity contribution in [3.05, 3.63) is 17.1 Å². The monoisotopic (exact) mass is 386 g/mol. The lowest BCUT2D eigenvalue weighted by atomic mass is 9.92. The summed E-state index contributed by atoms with van der Waals surface area (Å²) in [5.41, 5.74) is 2.90. The molecule has 1 fully saturated rings. The zero-order valence-electron chi connectivity index (χ0n) is 17.3. The van der Waals surface area contributed by atoms with Gasteiger partial charge in [-0.25, -0.2) is 0 Å². The molecular weight excluding hydrogens is 356 g/mol. The molecule has 0 saturated carbocycles. The fraction of sp³-hybridized carbons (Fsp3) is 0.700. The Morgan fingerprint density at radius 1 is 1.25 bits per heavy atom. The van der Waals surface area contributed by atoms with Crippen LogP contribution in [0.4, 0.5) is 0 Å². The molecule has 2 aromatic rings. The van der Waals surface area contributed by atoms with Crippen LogP contribution < -0.4 is 0 Å². The van der Waals surface area contributed by atoms with E-state index < -0.39 is 0 Å². The van der Waals surface area contributed by atoms with Gasteiger partial charge in [0.25, 0.3) is 5.89 Å². The van der Waals surface area contributed by atoms with E-state index in [1.165, 1.54) is 0 Å². The molecule has 0 aromatic carbocycles. The minimum absolute atomic E-state index is 0.255. The Hall–Kier alpha value is -2.22. The van der Waals surface area contributed by atoms with E-state index in [9.17, 15) is 4.79 Å². The van der Waals surface area contributed by atoms with Gasteiger partial charge in [0, 0.05) is 50.3 Å². The summed E-state index contributed by atoms with van der Waals surface area (Å²) in [4.78, 5) is 21.8. The highest BCUT2D eigenvalue weighted by molar-refractivity contribution is 5.77. The highest BCUT2D eigenvalue weighted by atomic mass is 16.5. The number of aromatic nitrogens is 4. The largest absolute Gasteiger partial charge is 0.338 e. The summed E-state index contributed by atoms with van der Waals surface area (Å²) < 4.78 is 7.21. The molecule has 1 amide bonds. The Labute approximate surface area is 165 Å². The highest BCUT2D eigenvalue weighted by Gasteiger charge is 2.31. The molecule has 2 aliphatic heterocycles. The van der Waals surface area contributed by atoms with Crippen LogP contribution in [0.15, 0.2) is 4.52 Å². The van der Waals surface area contributed by atoms with Crippen LogP contribution in [0.3, 0.4) is 0 Å². The SMILES string of the molecule is Cc1noc(-c2nn(C)c3c2CN(C(=O)CC2CCN(C(C)C)CC2)CC3)n1. The van der Waals surface area contributed by atoms with Gasteiger partial charge in [0.1, 0.15) is 0 Å². The quantitative estimate of drug-likeness (QED) is 0.801. The van der Waals surface area contributed by atoms with E-state index in [1.807, 2.05) is 16.6 Å². The molecule has 2 aromatic heterocycles. The van der Waals surface area contributed by atoms with Crippen molar-refractivity contribution in [3.8, 4) is 11.6 Å². The van der Waals surface area contributed by atoms with Crippen LogP contribution in [0.25, 0.3) is 11.6 Å². The molecule has 0 radical (unpaired) electrons. The number of aryl methyl sites for hydroxylation is 2. The Morgan fingerprint density at radius 2 is 2.00 bits per heavy atom. The van der Waals surface area contributed by atoms with Gasteiger partial charge in [-0.3, -0.25) is 9.48 Å². The van der Waals surface area contributed by atoms with Gasteiger partial charge in [-0.15, -0.1) is 0 Å². The topological polar surface area (TPSA) is 80.3 Å². The molecule has 0 aliphatic carbocycles. The second kappa shape index (κ2) is 7.66. The fourth-order valence-electron chi connectivity index (χ4n) is 4.42. The molecular formula is C20H30N6O2. The first-order valence-corrected chi connectivity index (χ1v) is 10.3. The summed E-state index contributed by atoms with van der Waals surface area (Å²) in [5.74, 6) is 1.77. The Kier molecular flexibility index (Phi) is 5.23. The first kappa shape index (κ1) is 19.1. The molecule has 8 nitrogen and oxygen atoms in total. The summed E-state index contributed by atoms with van der Waals surface area (Å²) in [6.45, 7) is 9.80. The number of hydrogen-bond donors (Lipinski definition) is 0. The molecule has 28 heavy (non-hydrogen) atoms. The van der Waals surface area contributed by atoms with Crippen molar-refractivity contribution < 1.29 is 9.32 Å². The second-order valence-electron chi connectivity index (χ2n) is 8.39. The van der Waals surface area contributed by atoms with Crippen LogP contribution >= 0.6 is 0 Å². The van der Waals surface area contributed by atoms with Crippen LogP contribution in [0.2, 0.25) is 0 Å². The van der Waals surface area contributed by atoms with E-state index in [4.69, 9.17) is 4.52 Å². The first-order chi connectivity index (χ1) is 13.4. The average Bonchev–Trinajstić information content (AvgIpc) is 3.25. The van der Waals surface area contributed by atoms with Crippen molar-refractivity contribution in [1.29, 1.82) is 0 Å². The molecule has 0 bridgehead atoms. The molecule has 152 valence electrons. The van der Waals surface area contributed by atoms with E-state index in [0.717, 1.165) is 50.2 Å². The van der Waals surface area contributed by atoms with Gasteiger partial charge in [0.15, 0.2) is 11.5 Å². The number of piperidine rings is 1. The van der Waals surface area contributed by atoms with Crippen molar-refractivity contribution in [2.45, 2.75) is 59.0 Å². The predicted molar refractivity (Wildman–Crippen MR) is 104 cm³/mol. The molecule has 1 saturated heterocycles. The molecule has 2 aliphatic rings. The van der Waals surface area contributed by atoms with Gasteiger partial charge in [0.05, 0.1) is 0 Å².